The van der Waals surface area contributed by atoms with Gasteiger partial charge in [0.2, 0.25) is 5.78 Å². The molecule has 1 atom stereocenters. The van der Waals surface area contributed by atoms with Crippen LogP contribution in [0.4, 0.5) is 5.69 Å². The van der Waals surface area contributed by atoms with Gasteiger partial charge in [-0.3, -0.25) is 9.59 Å². The molecule has 172 valence electrons. The zero-order chi connectivity index (χ0) is 23.7. The number of aliphatic hydroxyl groups is 1. The molecule has 0 saturated heterocycles. The van der Waals surface area contributed by atoms with Crippen LogP contribution in [0.15, 0.2) is 54.3 Å². The van der Waals surface area contributed by atoms with E-state index in [-0.39, 0.29) is 11.4 Å². The lowest BCUT2D eigenvalue weighted by Crippen LogP contribution is -2.32. The summed E-state index contributed by atoms with van der Waals surface area (Å²) in [5.41, 5.74) is 2.51. The van der Waals surface area contributed by atoms with Crippen molar-refractivity contribution in [2.45, 2.75) is 32.9 Å². The second-order valence-corrected chi connectivity index (χ2v) is 9.48. The number of hydrogen-bond donors (Lipinski definition) is 1. The number of aryl methyl sites for hydroxylation is 3. The Morgan fingerprint density at radius 1 is 1.18 bits per heavy atom. The molecule has 0 radical (unpaired) electrons. The van der Waals surface area contributed by atoms with Crippen molar-refractivity contribution in [2.75, 3.05) is 25.5 Å². The predicted molar refractivity (Wildman–Crippen MR) is 128 cm³/mol. The number of thiazole rings is 1. The second kappa shape index (κ2) is 9.19. The molecule has 2 aromatic heterocycles. The summed E-state index contributed by atoms with van der Waals surface area (Å²) in [6.07, 6.45) is 5.95. The van der Waals surface area contributed by atoms with Crippen molar-refractivity contribution < 1.29 is 14.7 Å². The van der Waals surface area contributed by atoms with Crippen LogP contribution in [0.2, 0.25) is 0 Å². The van der Waals surface area contributed by atoms with Crippen molar-refractivity contribution in [3.63, 3.8) is 0 Å². The van der Waals surface area contributed by atoms with Crippen LogP contribution in [-0.2, 0) is 11.3 Å². The first-order chi connectivity index (χ1) is 15.8. The molecule has 1 aliphatic rings. The molecular formula is C24H27N5O3S. The third-order valence-electron chi connectivity index (χ3n) is 5.76. The molecule has 1 aliphatic heterocycles. The number of benzene rings is 1. The molecule has 1 N–H and O–H groups in total. The lowest BCUT2D eigenvalue weighted by atomic mass is 9.94. The Kier molecular flexibility index (Phi) is 6.33. The van der Waals surface area contributed by atoms with Crippen LogP contribution in [0, 0.1) is 13.8 Å². The number of hydrogen-bond acceptors (Lipinski definition) is 7. The van der Waals surface area contributed by atoms with E-state index in [0.717, 1.165) is 16.3 Å². The Morgan fingerprint density at radius 3 is 2.48 bits per heavy atom. The summed E-state index contributed by atoms with van der Waals surface area (Å²) in [6, 6.07) is 7.05. The van der Waals surface area contributed by atoms with Gasteiger partial charge in [0.15, 0.2) is 5.76 Å². The number of ketones is 1. The molecule has 1 unspecified atom stereocenters. The number of rotatable bonds is 8. The summed E-state index contributed by atoms with van der Waals surface area (Å²) in [5.74, 6) is -1.35. The minimum Gasteiger partial charge on any atom is -0.503 e. The average Bonchev–Trinajstić information content (AvgIpc) is 3.48. The minimum absolute atomic E-state index is 0.118. The summed E-state index contributed by atoms with van der Waals surface area (Å²) in [4.78, 5) is 39.1. The first-order valence-electron chi connectivity index (χ1n) is 10.7. The number of nitrogens with zero attached hydrogens (tertiary/aromatic N) is 5. The van der Waals surface area contributed by atoms with Crippen molar-refractivity contribution in [3.05, 3.63) is 75.5 Å². The van der Waals surface area contributed by atoms with E-state index < -0.39 is 17.7 Å². The Balaban J connectivity index is 1.70. The van der Waals surface area contributed by atoms with E-state index in [9.17, 15) is 14.7 Å². The van der Waals surface area contributed by atoms with Gasteiger partial charge in [-0.2, -0.15) is 0 Å². The van der Waals surface area contributed by atoms with Gasteiger partial charge < -0.3 is 19.5 Å². The van der Waals surface area contributed by atoms with E-state index in [0.29, 0.717) is 30.1 Å². The molecule has 4 rings (SSSR count). The minimum atomic E-state index is -0.661. The van der Waals surface area contributed by atoms with Gasteiger partial charge in [0.05, 0.1) is 33.5 Å². The molecule has 0 fully saturated rings. The number of imidazole rings is 1. The summed E-state index contributed by atoms with van der Waals surface area (Å²) in [7, 11) is 3.90. The van der Waals surface area contributed by atoms with E-state index in [1.54, 1.807) is 24.3 Å². The maximum absolute atomic E-state index is 13.6. The Labute approximate surface area is 196 Å². The Morgan fingerprint density at radius 2 is 1.91 bits per heavy atom. The first-order valence-corrected chi connectivity index (χ1v) is 11.6. The molecule has 0 bridgehead atoms. The molecule has 9 heteroatoms. The molecule has 1 amide bonds. The number of aliphatic hydroxyl groups excluding tert-OH is 1. The molecular weight excluding hydrogens is 438 g/mol. The van der Waals surface area contributed by atoms with E-state index in [1.807, 2.05) is 60.9 Å². The number of anilines is 1. The largest absolute Gasteiger partial charge is 0.503 e. The first kappa shape index (κ1) is 22.7. The molecule has 0 saturated carbocycles. The third-order valence-corrected chi connectivity index (χ3v) is 6.83. The quantitative estimate of drug-likeness (QED) is 0.510. The van der Waals surface area contributed by atoms with Crippen LogP contribution < -0.4 is 4.90 Å². The molecule has 33 heavy (non-hydrogen) atoms. The fourth-order valence-corrected chi connectivity index (χ4v) is 5.00. The Hall–Kier alpha value is -3.46. The van der Waals surface area contributed by atoms with Crippen LogP contribution in [0.5, 0.6) is 0 Å². The third kappa shape index (κ3) is 4.41. The van der Waals surface area contributed by atoms with Gasteiger partial charge in [-0.25, -0.2) is 9.97 Å². The molecule has 3 aromatic rings. The molecule has 0 spiro atoms. The molecule has 3 heterocycles. The van der Waals surface area contributed by atoms with E-state index in [1.165, 1.54) is 11.3 Å². The highest BCUT2D eigenvalue weighted by atomic mass is 32.1. The highest BCUT2D eigenvalue weighted by molar-refractivity contribution is 7.14. The van der Waals surface area contributed by atoms with Crippen LogP contribution in [-0.4, -0.2) is 56.9 Å². The van der Waals surface area contributed by atoms with Crippen LogP contribution in [0.1, 0.15) is 38.4 Å². The lowest BCUT2D eigenvalue weighted by molar-refractivity contribution is -0.129. The fraction of sp³-hybridized carbons (Fsp3) is 0.333. The summed E-state index contributed by atoms with van der Waals surface area (Å²) in [5, 5.41) is 11.6. The normalized spacial score (nSPS) is 16.1. The van der Waals surface area contributed by atoms with Gasteiger partial charge in [0, 0.05) is 45.3 Å². The van der Waals surface area contributed by atoms with E-state index in [4.69, 9.17) is 0 Å². The average molecular weight is 466 g/mol. The number of carbonyl (C=O) groups is 2. The standard InChI is InChI=1S/C24H27N5O3S/c1-15-23(33-16(2)26-15)21(30)19-20(17-6-8-18(9-7-17)27(3)4)29(24(32)22(19)31)12-5-11-28-13-10-25-14-28/h6-10,13-14,20,31H,5,11-12H2,1-4H3. The maximum Gasteiger partial charge on any atom is 0.290 e. The molecule has 1 aromatic carbocycles. The second-order valence-electron chi connectivity index (χ2n) is 8.28. The smallest absolute Gasteiger partial charge is 0.290 e. The van der Waals surface area contributed by atoms with Crippen LogP contribution in [0.3, 0.4) is 0 Å². The number of amides is 1. The summed E-state index contributed by atoms with van der Waals surface area (Å²) >= 11 is 1.28. The molecule has 8 nitrogen and oxygen atoms in total. The highest BCUT2D eigenvalue weighted by Crippen LogP contribution is 2.40. The van der Waals surface area contributed by atoms with Crippen molar-refractivity contribution in [1.82, 2.24) is 19.4 Å². The summed E-state index contributed by atoms with van der Waals surface area (Å²) < 4.78 is 1.93. The van der Waals surface area contributed by atoms with Crippen LogP contribution in [0.25, 0.3) is 0 Å². The van der Waals surface area contributed by atoms with Gasteiger partial charge in [0.25, 0.3) is 5.91 Å². The van der Waals surface area contributed by atoms with Gasteiger partial charge in [0.1, 0.15) is 0 Å². The van der Waals surface area contributed by atoms with Gasteiger partial charge in [-0.1, -0.05) is 12.1 Å². The maximum atomic E-state index is 13.6. The van der Waals surface area contributed by atoms with Gasteiger partial charge >= 0.3 is 0 Å². The van der Waals surface area contributed by atoms with Crippen LogP contribution >= 0.6 is 11.3 Å². The lowest BCUT2D eigenvalue weighted by Gasteiger charge is -2.27. The van der Waals surface area contributed by atoms with Crippen molar-refractivity contribution in [2.24, 2.45) is 0 Å². The zero-order valence-electron chi connectivity index (χ0n) is 19.1. The predicted octanol–water partition coefficient (Wildman–Crippen LogP) is 3.69. The monoisotopic (exact) mass is 465 g/mol. The van der Waals surface area contributed by atoms with Gasteiger partial charge in [-0.05, 0) is 38.0 Å². The topological polar surface area (TPSA) is 91.6 Å². The SMILES string of the molecule is Cc1nc(C)c(C(=O)C2=C(O)C(=O)N(CCCn3ccnc3)C2c2ccc(N(C)C)cc2)s1. The van der Waals surface area contributed by atoms with Crippen molar-refractivity contribution >= 4 is 28.7 Å². The number of carbonyl (C=O) groups excluding carboxylic acids is 2. The van der Waals surface area contributed by atoms with Crippen molar-refractivity contribution in [3.8, 4) is 0 Å². The van der Waals surface area contributed by atoms with E-state index >= 15 is 0 Å². The molecule has 0 aliphatic carbocycles. The fourth-order valence-electron chi connectivity index (χ4n) is 4.12. The van der Waals surface area contributed by atoms with E-state index in [2.05, 4.69) is 9.97 Å². The Bertz CT molecular complexity index is 1200. The highest BCUT2D eigenvalue weighted by Gasteiger charge is 2.44. The van der Waals surface area contributed by atoms with Gasteiger partial charge in [-0.15, -0.1) is 11.3 Å². The zero-order valence-corrected chi connectivity index (χ0v) is 20.0. The van der Waals surface area contributed by atoms with Crippen molar-refractivity contribution in [1.29, 1.82) is 0 Å². The number of Topliss-reactive ketones (excluding diaryl/α,β-unsaturated/α-hetero) is 1. The summed E-state index contributed by atoms with van der Waals surface area (Å²) in [6.45, 7) is 4.67. The number of aromatic nitrogens is 3.